The van der Waals surface area contributed by atoms with Gasteiger partial charge in [-0.15, -0.1) is 0 Å². The molecule has 3 rings (SSSR count). The number of phenolic OH excluding ortho intramolecular Hbond substituents is 1. The summed E-state index contributed by atoms with van der Waals surface area (Å²) < 4.78 is 2.21. The third-order valence-corrected chi connectivity index (χ3v) is 4.22. The highest BCUT2D eigenvalue weighted by atomic mass is 35.5. The van der Waals surface area contributed by atoms with E-state index in [4.69, 9.17) is 11.6 Å². The number of anilines is 1. The van der Waals surface area contributed by atoms with Crippen LogP contribution in [-0.2, 0) is 13.6 Å². The molecule has 0 spiro atoms. The summed E-state index contributed by atoms with van der Waals surface area (Å²) in [5, 5.41) is 14.4. The van der Waals surface area contributed by atoms with E-state index in [1.807, 2.05) is 6.07 Å². The average Bonchev–Trinajstić information content (AvgIpc) is 2.73. The van der Waals surface area contributed by atoms with Crippen LogP contribution in [0, 0.1) is 6.92 Å². The van der Waals surface area contributed by atoms with E-state index in [-0.39, 0.29) is 5.75 Å². The van der Waals surface area contributed by atoms with Gasteiger partial charge in [-0.1, -0.05) is 29.8 Å². The second kappa shape index (κ2) is 5.34. The Hall–Kier alpha value is -2.13. The first-order valence-electron chi connectivity index (χ1n) is 6.83. The summed E-state index contributed by atoms with van der Waals surface area (Å²) in [5.41, 5.74) is 4.64. The Kier molecular flexibility index (Phi) is 3.52. The number of aromatic hydroxyl groups is 1. The van der Waals surface area contributed by atoms with Crippen molar-refractivity contribution in [2.24, 2.45) is 7.05 Å². The van der Waals surface area contributed by atoms with E-state index in [0.717, 1.165) is 5.69 Å². The third-order valence-electron chi connectivity index (χ3n) is 3.91. The van der Waals surface area contributed by atoms with Gasteiger partial charge >= 0.3 is 0 Å². The van der Waals surface area contributed by atoms with Gasteiger partial charge in [-0.2, -0.15) is 0 Å². The van der Waals surface area contributed by atoms with Gasteiger partial charge in [-0.25, -0.2) is 0 Å². The van der Waals surface area contributed by atoms with Gasteiger partial charge in [-0.05, 0) is 36.8 Å². The molecule has 21 heavy (non-hydrogen) atoms. The van der Waals surface area contributed by atoms with Crippen molar-refractivity contribution in [1.82, 2.24) is 4.57 Å². The number of hydrogen-bond donors (Lipinski definition) is 2. The molecular formula is C17H17ClN2O. The Balaban J connectivity index is 1.90. The minimum atomic E-state index is 0.100. The number of aromatic nitrogens is 1. The van der Waals surface area contributed by atoms with Crippen molar-refractivity contribution in [1.29, 1.82) is 0 Å². The molecule has 0 aliphatic carbocycles. The maximum Gasteiger partial charge on any atom is 0.134 e. The normalized spacial score (nSPS) is 11.0. The molecule has 2 N–H and O–H groups in total. The van der Waals surface area contributed by atoms with Gasteiger partial charge in [0.25, 0.3) is 0 Å². The second-order valence-electron chi connectivity index (χ2n) is 5.17. The van der Waals surface area contributed by atoms with Gasteiger partial charge in [0.15, 0.2) is 0 Å². The molecule has 0 amide bonds. The lowest BCUT2D eigenvalue weighted by molar-refractivity contribution is 0.475. The van der Waals surface area contributed by atoms with Crippen LogP contribution >= 0.6 is 11.6 Å². The third kappa shape index (κ3) is 2.45. The van der Waals surface area contributed by atoms with Crippen molar-refractivity contribution in [3.8, 4) is 5.75 Å². The Morgan fingerprint density at radius 2 is 1.95 bits per heavy atom. The standard InChI is InChI=1S/C17H17ClN2O/c1-11-13-5-3-4-6-15(13)20(2)16(11)10-19-12-7-8-17(21)14(18)9-12/h3-9,19,21H,10H2,1-2H3. The zero-order chi connectivity index (χ0) is 15.0. The molecule has 4 heteroatoms. The molecule has 0 aliphatic rings. The maximum atomic E-state index is 9.45. The lowest BCUT2D eigenvalue weighted by atomic mass is 10.1. The second-order valence-corrected chi connectivity index (χ2v) is 5.57. The number of halogens is 1. The topological polar surface area (TPSA) is 37.2 Å². The number of aryl methyl sites for hydroxylation is 2. The number of rotatable bonds is 3. The maximum absolute atomic E-state index is 9.45. The zero-order valence-corrected chi connectivity index (χ0v) is 12.8. The van der Waals surface area contributed by atoms with Crippen LogP contribution in [0.5, 0.6) is 5.75 Å². The highest BCUT2D eigenvalue weighted by molar-refractivity contribution is 6.32. The van der Waals surface area contributed by atoms with E-state index in [9.17, 15) is 5.11 Å². The Labute approximate surface area is 128 Å². The van der Waals surface area contributed by atoms with Gasteiger partial charge in [0.2, 0.25) is 0 Å². The SMILES string of the molecule is Cc1c(CNc2ccc(O)c(Cl)c2)n(C)c2ccccc12. The van der Waals surface area contributed by atoms with Crippen LogP contribution in [0.2, 0.25) is 5.02 Å². The molecule has 0 fully saturated rings. The number of benzene rings is 2. The molecule has 3 nitrogen and oxygen atoms in total. The number of hydrogen-bond acceptors (Lipinski definition) is 2. The van der Waals surface area contributed by atoms with E-state index in [0.29, 0.717) is 11.6 Å². The number of phenols is 1. The highest BCUT2D eigenvalue weighted by Crippen LogP contribution is 2.28. The summed E-state index contributed by atoms with van der Waals surface area (Å²) in [6.45, 7) is 2.85. The molecule has 108 valence electrons. The van der Waals surface area contributed by atoms with E-state index in [2.05, 4.69) is 48.1 Å². The first kappa shape index (κ1) is 13.8. The molecule has 0 aliphatic heterocycles. The average molecular weight is 301 g/mol. The summed E-state index contributed by atoms with van der Waals surface area (Å²) in [4.78, 5) is 0. The van der Waals surface area contributed by atoms with E-state index in [1.165, 1.54) is 22.2 Å². The van der Waals surface area contributed by atoms with Crippen molar-refractivity contribution in [3.63, 3.8) is 0 Å². The fourth-order valence-electron chi connectivity index (χ4n) is 2.69. The molecule has 0 saturated carbocycles. The number of nitrogens with zero attached hydrogens (tertiary/aromatic N) is 1. The first-order chi connectivity index (χ1) is 10.1. The van der Waals surface area contributed by atoms with Gasteiger partial charge < -0.3 is 15.0 Å². The zero-order valence-electron chi connectivity index (χ0n) is 12.0. The van der Waals surface area contributed by atoms with Crippen molar-refractivity contribution in [3.05, 3.63) is 58.7 Å². The summed E-state index contributed by atoms with van der Waals surface area (Å²) in [6, 6.07) is 13.5. The lowest BCUT2D eigenvalue weighted by Crippen LogP contribution is -2.05. The van der Waals surface area contributed by atoms with Crippen LogP contribution in [0.15, 0.2) is 42.5 Å². The number of fused-ring (bicyclic) bond motifs is 1. The fraction of sp³-hybridized carbons (Fsp3) is 0.176. The Morgan fingerprint density at radius 3 is 2.67 bits per heavy atom. The lowest BCUT2D eigenvalue weighted by Gasteiger charge is -2.10. The monoisotopic (exact) mass is 300 g/mol. The van der Waals surface area contributed by atoms with Crippen molar-refractivity contribution >= 4 is 28.2 Å². The van der Waals surface area contributed by atoms with Crippen LogP contribution in [0.4, 0.5) is 5.69 Å². The highest BCUT2D eigenvalue weighted by Gasteiger charge is 2.11. The van der Waals surface area contributed by atoms with E-state index in [1.54, 1.807) is 12.1 Å². The summed E-state index contributed by atoms with van der Waals surface area (Å²) in [7, 11) is 2.08. The Bertz CT molecular complexity index is 769. The predicted octanol–water partition coefficient (Wildman–Crippen LogP) is 4.46. The molecule has 1 heterocycles. The number of para-hydroxylation sites is 1. The largest absolute Gasteiger partial charge is 0.506 e. The molecule has 0 saturated heterocycles. The van der Waals surface area contributed by atoms with Crippen molar-refractivity contribution in [2.45, 2.75) is 13.5 Å². The van der Waals surface area contributed by atoms with Crippen LogP contribution in [-0.4, -0.2) is 9.67 Å². The van der Waals surface area contributed by atoms with Crippen LogP contribution in [0.1, 0.15) is 11.3 Å². The molecule has 2 aromatic carbocycles. The number of nitrogens with one attached hydrogen (secondary N) is 1. The van der Waals surface area contributed by atoms with Gasteiger partial charge in [0, 0.05) is 29.3 Å². The smallest absolute Gasteiger partial charge is 0.134 e. The van der Waals surface area contributed by atoms with Crippen molar-refractivity contribution < 1.29 is 5.11 Å². The summed E-state index contributed by atoms with van der Waals surface area (Å²) in [5.74, 6) is 0.100. The molecule has 0 atom stereocenters. The van der Waals surface area contributed by atoms with E-state index < -0.39 is 0 Å². The summed E-state index contributed by atoms with van der Waals surface area (Å²) in [6.07, 6.45) is 0. The Morgan fingerprint density at radius 1 is 1.19 bits per heavy atom. The molecule has 1 aromatic heterocycles. The predicted molar refractivity (Wildman–Crippen MR) is 88.1 cm³/mol. The summed E-state index contributed by atoms with van der Waals surface area (Å²) >= 11 is 5.93. The van der Waals surface area contributed by atoms with Crippen LogP contribution in [0.3, 0.4) is 0 Å². The molecule has 0 bridgehead atoms. The van der Waals surface area contributed by atoms with Crippen molar-refractivity contribution in [2.75, 3.05) is 5.32 Å². The molecular weight excluding hydrogens is 284 g/mol. The molecule has 3 aromatic rings. The fourth-order valence-corrected chi connectivity index (χ4v) is 2.87. The van der Waals surface area contributed by atoms with Gasteiger partial charge in [-0.3, -0.25) is 0 Å². The van der Waals surface area contributed by atoms with Gasteiger partial charge in [0.05, 0.1) is 11.6 Å². The van der Waals surface area contributed by atoms with Crippen LogP contribution < -0.4 is 5.32 Å². The van der Waals surface area contributed by atoms with Crippen LogP contribution in [0.25, 0.3) is 10.9 Å². The molecule has 0 unspecified atom stereocenters. The minimum absolute atomic E-state index is 0.100. The quantitative estimate of drug-likeness (QED) is 0.701. The first-order valence-corrected chi connectivity index (χ1v) is 7.21. The van der Waals surface area contributed by atoms with Gasteiger partial charge in [0.1, 0.15) is 5.75 Å². The van der Waals surface area contributed by atoms with E-state index >= 15 is 0 Å². The minimum Gasteiger partial charge on any atom is -0.506 e. The molecule has 0 radical (unpaired) electrons.